The molecule has 3 aliphatic rings. The number of fused-ring (bicyclic) bond motifs is 2. The van der Waals surface area contributed by atoms with Crippen LogP contribution < -0.4 is 14.5 Å². The highest BCUT2D eigenvalue weighted by molar-refractivity contribution is 5.97. The van der Waals surface area contributed by atoms with Gasteiger partial charge in [0.25, 0.3) is 0 Å². The summed E-state index contributed by atoms with van der Waals surface area (Å²) in [5.41, 5.74) is 4.47. The smallest absolute Gasteiger partial charge is 0.318 e. The first kappa shape index (κ1) is 28.9. The Labute approximate surface area is 252 Å². The minimum absolute atomic E-state index is 0.105. The van der Waals surface area contributed by atoms with Gasteiger partial charge in [-0.05, 0) is 42.9 Å². The molecule has 6 rings (SSSR count). The third kappa shape index (κ3) is 6.14. The Kier molecular flexibility index (Phi) is 8.72. The van der Waals surface area contributed by atoms with Gasteiger partial charge in [-0.1, -0.05) is 36.9 Å². The van der Waals surface area contributed by atoms with Crippen molar-refractivity contribution in [1.29, 1.82) is 5.26 Å². The van der Waals surface area contributed by atoms with Crippen LogP contribution in [0.5, 0.6) is 6.01 Å². The van der Waals surface area contributed by atoms with Crippen LogP contribution in [-0.2, 0) is 27.2 Å². The highest BCUT2D eigenvalue weighted by atomic mass is 16.6. The fourth-order valence-electron chi connectivity index (χ4n) is 6.42. The van der Waals surface area contributed by atoms with Gasteiger partial charge in [0.15, 0.2) is 0 Å². The lowest BCUT2D eigenvalue weighted by atomic mass is 9.99. The van der Waals surface area contributed by atoms with Crippen LogP contribution in [0.25, 0.3) is 10.8 Å². The molecule has 0 aliphatic carbocycles. The number of hydrogen-bond donors (Lipinski definition) is 0. The first-order chi connectivity index (χ1) is 21.1. The van der Waals surface area contributed by atoms with Gasteiger partial charge < -0.3 is 28.9 Å². The molecule has 0 N–H and O–H groups in total. The van der Waals surface area contributed by atoms with Gasteiger partial charge in [-0.2, -0.15) is 15.2 Å². The maximum Gasteiger partial charge on any atom is 0.318 e. The molecule has 2 aromatic carbocycles. The summed E-state index contributed by atoms with van der Waals surface area (Å²) in [6.45, 7) is 11.0. The zero-order valence-electron chi connectivity index (χ0n) is 24.7. The van der Waals surface area contributed by atoms with Crippen molar-refractivity contribution in [3.63, 3.8) is 0 Å². The van der Waals surface area contributed by atoms with Gasteiger partial charge in [0, 0.05) is 49.4 Å². The van der Waals surface area contributed by atoms with E-state index in [2.05, 4.69) is 65.8 Å². The lowest BCUT2D eigenvalue weighted by Gasteiger charge is -2.42. The number of nitrogens with zero attached hydrogens (tertiary/aromatic N) is 6. The number of carbonyl (C=O) groups is 1. The van der Waals surface area contributed by atoms with Crippen LogP contribution in [0, 0.1) is 18.3 Å². The predicted octanol–water partition coefficient (Wildman–Crippen LogP) is 3.80. The zero-order valence-corrected chi connectivity index (χ0v) is 24.7. The molecule has 3 aliphatic heterocycles. The summed E-state index contributed by atoms with van der Waals surface area (Å²) >= 11 is 0. The van der Waals surface area contributed by atoms with E-state index in [-0.39, 0.29) is 24.5 Å². The van der Waals surface area contributed by atoms with E-state index in [1.807, 2.05) is 0 Å². The van der Waals surface area contributed by atoms with Crippen LogP contribution in [-0.4, -0.2) is 85.5 Å². The van der Waals surface area contributed by atoms with Crippen molar-refractivity contribution in [3.05, 3.63) is 65.9 Å². The quantitative estimate of drug-likeness (QED) is 0.275. The van der Waals surface area contributed by atoms with Gasteiger partial charge >= 0.3 is 6.01 Å². The van der Waals surface area contributed by atoms with Crippen LogP contribution in [0.1, 0.15) is 29.7 Å². The molecule has 0 radical (unpaired) electrons. The normalized spacial score (nSPS) is 20.1. The lowest BCUT2D eigenvalue weighted by Crippen LogP contribution is -2.55. The molecule has 2 atom stereocenters. The molecule has 1 aromatic heterocycles. The molecule has 1 amide bonds. The van der Waals surface area contributed by atoms with Gasteiger partial charge in [-0.25, -0.2) is 0 Å². The number of amides is 1. The molecular weight excluding hydrogens is 544 g/mol. The highest BCUT2D eigenvalue weighted by Crippen LogP contribution is 2.36. The molecular formula is C33H38N6O4. The molecule has 10 nitrogen and oxygen atoms in total. The minimum atomic E-state index is -0.250. The molecule has 2 fully saturated rings. The van der Waals surface area contributed by atoms with Gasteiger partial charge in [0.2, 0.25) is 5.91 Å². The van der Waals surface area contributed by atoms with Gasteiger partial charge in [0.1, 0.15) is 12.4 Å². The van der Waals surface area contributed by atoms with Crippen LogP contribution >= 0.6 is 0 Å². The van der Waals surface area contributed by atoms with E-state index in [1.54, 1.807) is 4.90 Å². The summed E-state index contributed by atoms with van der Waals surface area (Å²) < 4.78 is 17.4. The summed E-state index contributed by atoms with van der Waals surface area (Å²) in [5, 5.41) is 12.0. The second kappa shape index (κ2) is 13.0. The predicted molar refractivity (Wildman–Crippen MR) is 164 cm³/mol. The summed E-state index contributed by atoms with van der Waals surface area (Å²) in [6, 6.07) is 15.2. The number of rotatable bonds is 9. The first-order valence-corrected chi connectivity index (χ1v) is 15.1. The topological polar surface area (TPSA) is 104 Å². The number of hydrogen-bond acceptors (Lipinski definition) is 9. The van der Waals surface area contributed by atoms with E-state index in [1.165, 1.54) is 28.1 Å². The zero-order chi connectivity index (χ0) is 29.8. The number of aryl methyl sites for hydroxylation is 1. The first-order valence-electron chi connectivity index (χ1n) is 15.1. The second-order valence-corrected chi connectivity index (χ2v) is 11.3. The van der Waals surface area contributed by atoms with Crippen molar-refractivity contribution in [1.82, 2.24) is 14.9 Å². The van der Waals surface area contributed by atoms with Crippen molar-refractivity contribution in [2.75, 3.05) is 62.4 Å². The van der Waals surface area contributed by atoms with E-state index in [4.69, 9.17) is 24.2 Å². The third-order valence-electron chi connectivity index (χ3n) is 8.58. The standard InChI is InChI=1S/C33H38N6O4/c1-3-30(40)39-16-15-38(20-25(39)10-13-34)32-27-11-14-37(29-9-5-8-24-7-4-6-23(2)31(24)29)21-28(27)35-33(36-32)43-19-18-42-26-12-17-41-22-26/h3-9,25-26H,1,10-12,14-22H2,2H3/t25-,26?/m0/s1. The lowest BCUT2D eigenvalue weighted by molar-refractivity contribution is -0.128. The number of nitriles is 1. The Morgan fingerprint density at radius 3 is 2.81 bits per heavy atom. The molecule has 2 saturated heterocycles. The van der Waals surface area contributed by atoms with E-state index >= 15 is 0 Å². The van der Waals surface area contributed by atoms with Gasteiger partial charge in [0.05, 0.1) is 50.1 Å². The molecule has 0 saturated carbocycles. The highest BCUT2D eigenvalue weighted by Gasteiger charge is 2.33. The average molecular weight is 583 g/mol. The van der Waals surface area contributed by atoms with Crippen LogP contribution in [0.3, 0.4) is 0 Å². The Bertz CT molecular complexity index is 1530. The van der Waals surface area contributed by atoms with Gasteiger partial charge in [-0.3, -0.25) is 4.79 Å². The molecule has 10 heteroatoms. The maximum atomic E-state index is 12.5. The summed E-state index contributed by atoms with van der Waals surface area (Å²) in [7, 11) is 0. The number of benzene rings is 2. The van der Waals surface area contributed by atoms with Crippen LogP contribution in [0.15, 0.2) is 49.1 Å². The molecule has 0 spiro atoms. The number of piperazine rings is 1. The van der Waals surface area contributed by atoms with E-state index in [0.29, 0.717) is 52.0 Å². The summed E-state index contributed by atoms with van der Waals surface area (Å²) in [6.07, 6.45) is 3.33. The maximum absolute atomic E-state index is 12.5. The largest absolute Gasteiger partial charge is 0.461 e. The fourth-order valence-corrected chi connectivity index (χ4v) is 6.42. The summed E-state index contributed by atoms with van der Waals surface area (Å²) in [4.78, 5) is 28.7. The van der Waals surface area contributed by atoms with Gasteiger partial charge in [-0.15, -0.1) is 0 Å². The molecule has 43 heavy (non-hydrogen) atoms. The molecule has 1 unspecified atom stereocenters. The van der Waals surface area contributed by atoms with E-state index in [9.17, 15) is 10.1 Å². The Morgan fingerprint density at radius 2 is 2.02 bits per heavy atom. The minimum Gasteiger partial charge on any atom is -0.461 e. The third-order valence-corrected chi connectivity index (χ3v) is 8.58. The van der Waals surface area contributed by atoms with Crippen LogP contribution in [0.2, 0.25) is 0 Å². The van der Waals surface area contributed by atoms with Crippen molar-refractivity contribution in [3.8, 4) is 12.1 Å². The monoisotopic (exact) mass is 582 g/mol. The fraction of sp³-hybridized carbons (Fsp3) is 0.455. The molecule has 4 heterocycles. The second-order valence-electron chi connectivity index (χ2n) is 11.3. The Balaban J connectivity index is 1.29. The number of ether oxygens (including phenoxy) is 3. The average Bonchev–Trinajstić information content (AvgIpc) is 3.56. The van der Waals surface area contributed by atoms with Crippen molar-refractivity contribution >= 4 is 28.2 Å². The van der Waals surface area contributed by atoms with Crippen molar-refractivity contribution < 1.29 is 19.0 Å². The Morgan fingerprint density at radius 1 is 1.16 bits per heavy atom. The van der Waals surface area contributed by atoms with Crippen molar-refractivity contribution in [2.24, 2.45) is 0 Å². The number of aromatic nitrogens is 2. The van der Waals surface area contributed by atoms with E-state index in [0.717, 1.165) is 43.1 Å². The SMILES string of the molecule is C=CC(=O)N1CCN(c2nc(OCCOC3CCOC3)nc3c2CCN(c2cccc4cccc(C)c24)C3)C[C@@H]1CC#N. The Hall–Kier alpha value is -4.20. The summed E-state index contributed by atoms with van der Waals surface area (Å²) in [5.74, 6) is 0.676. The van der Waals surface area contributed by atoms with Crippen molar-refractivity contribution in [2.45, 2.75) is 44.9 Å². The molecule has 224 valence electrons. The molecule has 0 bridgehead atoms. The number of carbonyl (C=O) groups excluding carboxylic acids is 1. The molecule has 3 aromatic rings. The van der Waals surface area contributed by atoms with Crippen LogP contribution in [0.4, 0.5) is 11.5 Å². The number of anilines is 2. The van der Waals surface area contributed by atoms with E-state index < -0.39 is 0 Å².